The predicted octanol–water partition coefficient (Wildman–Crippen LogP) is 16.5. The summed E-state index contributed by atoms with van der Waals surface area (Å²) in [4.78, 5) is 51.2. The summed E-state index contributed by atoms with van der Waals surface area (Å²) in [6.45, 7) is 5.79. The van der Waals surface area contributed by atoms with Gasteiger partial charge in [0.25, 0.3) is 0 Å². The first kappa shape index (κ1) is 72.7. The first-order valence-electron chi connectivity index (χ1n) is 31.2. The van der Waals surface area contributed by atoms with Crippen LogP contribution in [0.2, 0.25) is 0 Å². The van der Waals surface area contributed by atoms with E-state index >= 15 is 0 Å². The van der Waals surface area contributed by atoms with Crippen molar-refractivity contribution in [1.29, 1.82) is 0 Å². The first-order chi connectivity index (χ1) is 38.6. The van der Waals surface area contributed by atoms with Crippen LogP contribution < -0.4 is 0 Å². The van der Waals surface area contributed by atoms with Gasteiger partial charge in [0.15, 0.2) is 24.6 Å². The van der Waals surface area contributed by atoms with Gasteiger partial charge in [0, 0.05) is 19.3 Å². The Hall–Kier alpha value is -4.36. The Morgan fingerprint density at radius 1 is 0.430 bits per heavy atom. The molecule has 12 heteroatoms. The number of carbonyl (C=O) groups is 4. The normalized spacial score (nSPS) is 18.5. The van der Waals surface area contributed by atoms with Crippen molar-refractivity contribution in [3.63, 3.8) is 0 Å². The van der Waals surface area contributed by atoms with Gasteiger partial charge in [0.2, 0.25) is 0 Å². The lowest BCUT2D eigenvalue weighted by molar-refractivity contribution is -0.301. The summed E-state index contributed by atoms with van der Waals surface area (Å²) in [6, 6.07) is 0. The standard InChI is InChI=1S/C67H110O12/c1-4-7-10-13-16-19-22-24-26-28-30-32-34-36-39-41-44-47-50-53-59(68)75-56-58(77-60(69)54-51-48-45-43-40-37-35-33-31-29-27-25-23-20-17-14-11-8-5-2)57-76-67-65(63(72)62(71)64(79-67)66(73)74)78-61(70)55-52-49-46-42-38-21-18-15-12-9-6-3/h7,10,15-20,24-27,30-33,58,62-65,67,71-72H,4-6,8-9,11-14,21-23,28-29,34-57H2,1-3H3,(H,73,74)/b10-7-,18-15-,19-16-,20-17-,26-24-,27-25-,32-30-,33-31-. The Labute approximate surface area is 479 Å². The van der Waals surface area contributed by atoms with E-state index in [0.29, 0.717) is 19.3 Å². The number of unbranched alkanes of at least 4 members (excludes halogenated alkanes) is 22. The Morgan fingerprint density at radius 3 is 1.27 bits per heavy atom. The number of carbonyl (C=O) groups excluding carboxylic acids is 3. The number of hydrogen-bond donors (Lipinski definition) is 3. The number of aliphatic carboxylic acids is 1. The topological polar surface area (TPSA) is 175 Å². The van der Waals surface area contributed by atoms with E-state index in [2.05, 4.69) is 118 Å². The van der Waals surface area contributed by atoms with Crippen LogP contribution in [-0.2, 0) is 42.9 Å². The van der Waals surface area contributed by atoms with Gasteiger partial charge in [-0.3, -0.25) is 14.4 Å². The van der Waals surface area contributed by atoms with Crippen LogP contribution in [0.1, 0.15) is 252 Å². The number of rotatable bonds is 52. The lowest BCUT2D eigenvalue weighted by Crippen LogP contribution is -2.61. The Morgan fingerprint density at radius 2 is 0.810 bits per heavy atom. The van der Waals surface area contributed by atoms with Crippen molar-refractivity contribution in [2.24, 2.45) is 0 Å². The second kappa shape index (κ2) is 54.2. The average Bonchev–Trinajstić information content (AvgIpc) is 3.47. The summed E-state index contributed by atoms with van der Waals surface area (Å²) in [5.74, 6) is -3.17. The largest absolute Gasteiger partial charge is 0.479 e. The van der Waals surface area contributed by atoms with E-state index in [9.17, 15) is 34.5 Å². The molecule has 0 spiro atoms. The molecular formula is C67H110O12. The molecule has 6 unspecified atom stereocenters. The Bertz CT molecular complexity index is 1740. The molecule has 1 saturated heterocycles. The zero-order valence-corrected chi connectivity index (χ0v) is 49.6. The fraction of sp³-hybridized carbons (Fsp3) is 0.701. The molecule has 79 heavy (non-hydrogen) atoms. The molecule has 0 bridgehead atoms. The van der Waals surface area contributed by atoms with Crippen molar-refractivity contribution in [3.05, 3.63) is 97.2 Å². The van der Waals surface area contributed by atoms with Gasteiger partial charge < -0.3 is 39.0 Å². The minimum absolute atomic E-state index is 0.0431. The minimum Gasteiger partial charge on any atom is -0.479 e. The number of allylic oxidation sites excluding steroid dienone is 16. The molecule has 0 saturated carbocycles. The molecule has 1 heterocycles. The Kier molecular flexibility index (Phi) is 49.9. The maximum atomic E-state index is 13.2. The first-order valence-corrected chi connectivity index (χ1v) is 31.2. The summed E-state index contributed by atoms with van der Waals surface area (Å²) in [6.07, 6.45) is 59.4. The molecule has 0 amide bonds. The van der Waals surface area contributed by atoms with Crippen LogP contribution in [0.5, 0.6) is 0 Å². The molecular weight excluding hydrogens is 997 g/mol. The number of aliphatic hydroxyl groups is 2. The number of hydrogen-bond acceptors (Lipinski definition) is 11. The monoisotopic (exact) mass is 1110 g/mol. The molecule has 1 aliphatic heterocycles. The maximum absolute atomic E-state index is 13.2. The molecule has 0 aromatic carbocycles. The van der Waals surface area contributed by atoms with Gasteiger partial charge in [0.05, 0.1) is 6.61 Å². The number of ether oxygens (including phenoxy) is 5. The summed E-state index contributed by atoms with van der Waals surface area (Å²) in [5.41, 5.74) is 0. The SMILES string of the molecule is CC/C=C\C/C=C\C/C=C\C/C=C\CCCCCCCCC(=O)OCC(COC1OC(C(=O)O)C(O)C(O)C1OC(=O)CCCCCCC/C=C\CCCC)OC(=O)CCCCCCCC/C=C\C/C=C\C/C=C\CCCCC. The van der Waals surface area contributed by atoms with E-state index in [-0.39, 0.29) is 25.9 Å². The van der Waals surface area contributed by atoms with Gasteiger partial charge in [-0.2, -0.15) is 0 Å². The van der Waals surface area contributed by atoms with Crippen LogP contribution in [0.3, 0.4) is 0 Å². The van der Waals surface area contributed by atoms with E-state index in [1.165, 1.54) is 38.5 Å². The quantitative estimate of drug-likeness (QED) is 0.0228. The van der Waals surface area contributed by atoms with Crippen molar-refractivity contribution < 1.29 is 58.2 Å². The highest BCUT2D eigenvalue weighted by Crippen LogP contribution is 2.26. The van der Waals surface area contributed by atoms with E-state index in [1.54, 1.807) is 0 Å². The van der Waals surface area contributed by atoms with Crippen molar-refractivity contribution in [2.75, 3.05) is 13.2 Å². The van der Waals surface area contributed by atoms with Gasteiger partial charge in [-0.15, -0.1) is 0 Å². The van der Waals surface area contributed by atoms with Crippen LogP contribution in [0.4, 0.5) is 0 Å². The van der Waals surface area contributed by atoms with Gasteiger partial charge in [0.1, 0.15) is 18.8 Å². The van der Waals surface area contributed by atoms with Gasteiger partial charge in [-0.25, -0.2) is 4.79 Å². The van der Waals surface area contributed by atoms with Gasteiger partial charge in [-0.1, -0.05) is 214 Å². The molecule has 6 atom stereocenters. The van der Waals surface area contributed by atoms with E-state index in [0.717, 1.165) is 154 Å². The molecule has 3 N–H and O–H groups in total. The van der Waals surface area contributed by atoms with Crippen LogP contribution >= 0.6 is 0 Å². The fourth-order valence-electron chi connectivity index (χ4n) is 8.82. The molecule has 450 valence electrons. The van der Waals surface area contributed by atoms with Crippen molar-refractivity contribution in [3.8, 4) is 0 Å². The molecule has 0 aromatic rings. The molecule has 1 rings (SSSR count). The van der Waals surface area contributed by atoms with Crippen LogP contribution in [0.15, 0.2) is 97.2 Å². The van der Waals surface area contributed by atoms with Crippen LogP contribution in [-0.4, -0.2) is 89.2 Å². The van der Waals surface area contributed by atoms with Crippen LogP contribution in [0.25, 0.3) is 0 Å². The third kappa shape index (κ3) is 44.0. The second-order valence-electron chi connectivity index (χ2n) is 20.9. The second-order valence-corrected chi connectivity index (χ2v) is 20.9. The summed E-state index contributed by atoms with van der Waals surface area (Å²) >= 11 is 0. The van der Waals surface area contributed by atoms with Crippen molar-refractivity contribution in [2.45, 2.75) is 289 Å². The number of esters is 3. The molecule has 1 aliphatic rings. The van der Waals surface area contributed by atoms with Crippen molar-refractivity contribution >= 4 is 23.9 Å². The van der Waals surface area contributed by atoms with Crippen LogP contribution in [0, 0.1) is 0 Å². The Balaban J connectivity index is 2.69. The number of aliphatic hydroxyl groups excluding tert-OH is 2. The lowest BCUT2D eigenvalue weighted by Gasteiger charge is -2.40. The molecule has 12 nitrogen and oxygen atoms in total. The van der Waals surface area contributed by atoms with Gasteiger partial charge >= 0.3 is 23.9 Å². The molecule has 0 radical (unpaired) electrons. The fourth-order valence-corrected chi connectivity index (χ4v) is 8.82. The number of carboxylic acid groups (broad SMARTS) is 1. The maximum Gasteiger partial charge on any atom is 0.335 e. The summed E-state index contributed by atoms with van der Waals surface area (Å²) < 4.78 is 28.4. The van der Waals surface area contributed by atoms with Crippen molar-refractivity contribution in [1.82, 2.24) is 0 Å². The highest BCUT2D eigenvalue weighted by Gasteiger charge is 2.50. The average molecular weight is 1110 g/mol. The third-order valence-corrected chi connectivity index (χ3v) is 13.6. The zero-order valence-electron chi connectivity index (χ0n) is 49.6. The molecule has 0 aromatic heterocycles. The zero-order chi connectivity index (χ0) is 57.5. The van der Waals surface area contributed by atoms with E-state index in [4.69, 9.17) is 23.7 Å². The molecule has 0 aliphatic carbocycles. The highest BCUT2D eigenvalue weighted by atomic mass is 16.7. The molecule has 1 fully saturated rings. The number of carboxylic acids is 1. The lowest BCUT2D eigenvalue weighted by atomic mass is 9.98. The highest BCUT2D eigenvalue weighted by molar-refractivity contribution is 5.74. The van der Waals surface area contributed by atoms with E-state index < -0.39 is 67.3 Å². The summed E-state index contributed by atoms with van der Waals surface area (Å²) in [5, 5.41) is 31.5. The van der Waals surface area contributed by atoms with E-state index in [1.807, 2.05) is 0 Å². The smallest absolute Gasteiger partial charge is 0.335 e. The third-order valence-electron chi connectivity index (χ3n) is 13.6. The predicted molar refractivity (Wildman–Crippen MR) is 321 cm³/mol. The summed E-state index contributed by atoms with van der Waals surface area (Å²) in [7, 11) is 0. The van der Waals surface area contributed by atoms with Gasteiger partial charge in [-0.05, 0) is 116 Å². The minimum atomic E-state index is -1.91.